The lowest BCUT2D eigenvalue weighted by Gasteiger charge is -2.34. The second-order valence-electron chi connectivity index (χ2n) is 8.10. The summed E-state index contributed by atoms with van der Waals surface area (Å²) >= 11 is 1.51. The van der Waals surface area contributed by atoms with E-state index in [1.165, 1.54) is 28.0 Å². The Bertz CT molecular complexity index is 1000. The Morgan fingerprint density at radius 3 is 2.45 bits per heavy atom. The number of rotatable bonds is 7. The number of carbonyl (C=O) groups is 1. The lowest BCUT2D eigenvalue weighted by molar-refractivity contribution is 0.0633. The number of amides is 1. The molecule has 1 aliphatic rings. The van der Waals surface area contributed by atoms with E-state index in [-0.39, 0.29) is 5.91 Å². The van der Waals surface area contributed by atoms with Crippen LogP contribution in [0.1, 0.15) is 38.8 Å². The Kier molecular flexibility index (Phi) is 7.05. The summed E-state index contributed by atoms with van der Waals surface area (Å²) in [5.74, 6) is 1.00. The van der Waals surface area contributed by atoms with Gasteiger partial charge < -0.3 is 9.64 Å². The Labute approximate surface area is 189 Å². The monoisotopic (exact) mass is 434 g/mol. The van der Waals surface area contributed by atoms with E-state index >= 15 is 0 Å². The van der Waals surface area contributed by atoms with Crippen molar-refractivity contribution in [2.24, 2.45) is 0 Å². The van der Waals surface area contributed by atoms with E-state index in [9.17, 15) is 4.79 Å². The molecule has 5 heteroatoms. The highest BCUT2D eigenvalue weighted by Crippen LogP contribution is 2.21. The molecule has 3 aromatic rings. The zero-order chi connectivity index (χ0) is 21.6. The second kappa shape index (κ2) is 10.1. The minimum atomic E-state index is 0.138. The summed E-state index contributed by atoms with van der Waals surface area (Å²) in [7, 11) is 0. The van der Waals surface area contributed by atoms with Crippen LogP contribution in [0.2, 0.25) is 0 Å². The highest BCUT2D eigenvalue weighted by molar-refractivity contribution is 7.12. The molecule has 0 atom stereocenters. The number of carbonyl (C=O) groups excluding carboxylic acids is 1. The largest absolute Gasteiger partial charge is 0.489 e. The van der Waals surface area contributed by atoms with E-state index in [2.05, 4.69) is 55.1 Å². The molecule has 1 saturated heterocycles. The van der Waals surface area contributed by atoms with Gasteiger partial charge >= 0.3 is 0 Å². The third-order valence-corrected chi connectivity index (χ3v) is 6.88. The molecule has 0 bridgehead atoms. The normalized spacial score (nSPS) is 14.6. The van der Waals surface area contributed by atoms with Crippen molar-refractivity contribution in [3.63, 3.8) is 0 Å². The molecular weight excluding hydrogens is 404 g/mol. The number of aryl methyl sites for hydroxylation is 2. The van der Waals surface area contributed by atoms with Crippen molar-refractivity contribution < 1.29 is 9.53 Å². The Morgan fingerprint density at radius 2 is 1.74 bits per heavy atom. The topological polar surface area (TPSA) is 32.8 Å². The molecule has 0 N–H and O–H groups in total. The van der Waals surface area contributed by atoms with E-state index in [0.29, 0.717) is 6.61 Å². The minimum absolute atomic E-state index is 0.138. The summed E-state index contributed by atoms with van der Waals surface area (Å²) in [5, 5.41) is 2.03. The fraction of sp³-hybridized carbons (Fsp3) is 0.346. The summed E-state index contributed by atoms with van der Waals surface area (Å²) in [6.07, 6.45) is 1.02. The molecule has 0 spiro atoms. The summed E-state index contributed by atoms with van der Waals surface area (Å²) in [5.41, 5.74) is 5.05. The lowest BCUT2D eigenvalue weighted by atomic mass is 10.1. The Hall–Kier alpha value is -2.63. The molecule has 1 aliphatic heterocycles. The lowest BCUT2D eigenvalue weighted by Crippen LogP contribution is -2.48. The van der Waals surface area contributed by atoms with Gasteiger partial charge in [-0.15, -0.1) is 11.3 Å². The van der Waals surface area contributed by atoms with Crippen molar-refractivity contribution in [2.75, 3.05) is 26.2 Å². The van der Waals surface area contributed by atoms with Crippen molar-refractivity contribution in [3.05, 3.63) is 87.1 Å². The number of nitrogens with zero attached hydrogens (tertiary/aromatic N) is 2. The molecule has 1 aromatic heterocycles. The molecule has 0 saturated carbocycles. The van der Waals surface area contributed by atoms with Crippen molar-refractivity contribution in [1.82, 2.24) is 9.80 Å². The third kappa shape index (κ3) is 5.54. The van der Waals surface area contributed by atoms with Gasteiger partial charge in [-0.25, -0.2) is 0 Å². The van der Waals surface area contributed by atoms with Crippen LogP contribution in [0.15, 0.2) is 60.0 Å². The molecule has 1 amide bonds. The van der Waals surface area contributed by atoms with Crippen LogP contribution in [0.5, 0.6) is 5.75 Å². The zero-order valence-corrected chi connectivity index (χ0v) is 19.2. The summed E-state index contributed by atoms with van der Waals surface area (Å²) in [6, 6.07) is 18.7. The van der Waals surface area contributed by atoms with E-state index in [0.717, 1.165) is 55.3 Å². The first kappa shape index (κ1) is 21.6. The van der Waals surface area contributed by atoms with Gasteiger partial charge in [0.25, 0.3) is 5.91 Å². The van der Waals surface area contributed by atoms with Gasteiger partial charge in [0.2, 0.25) is 0 Å². The zero-order valence-electron chi connectivity index (χ0n) is 18.3. The van der Waals surface area contributed by atoms with Crippen LogP contribution in [0.3, 0.4) is 0 Å². The van der Waals surface area contributed by atoms with Crippen LogP contribution in [0.4, 0.5) is 0 Å². The number of benzene rings is 2. The Morgan fingerprint density at radius 1 is 1.00 bits per heavy atom. The highest BCUT2D eigenvalue weighted by atomic mass is 32.1. The second-order valence-corrected chi connectivity index (χ2v) is 9.01. The number of ether oxygens (including phenoxy) is 1. The SMILES string of the molecule is CCc1ccc(OCc2csc(C(=O)N3CCN(Cc4ccccc4C)CC3)c2)cc1. The molecule has 1 fully saturated rings. The first-order valence-electron chi connectivity index (χ1n) is 11.0. The number of hydrogen-bond acceptors (Lipinski definition) is 4. The number of thiophene rings is 1. The van der Waals surface area contributed by atoms with Gasteiger partial charge in [0.15, 0.2) is 0 Å². The van der Waals surface area contributed by atoms with Crippen molar-refractivity contribution in [1.29, 1.82) is 0 Å². The molecule has 2 heterocycles. The van der Waals surface area contributed by atoms with Crippen molar-refractivity contribution in [2.45, 2.75) is 33.4 Å². The van der Waals surface area contributed by atoms with Crippen LogP contribution < -0.4 is 4.74 Å². The minimum Gasteiger partial charge on any atom is -0.489 e. The average molecular weight is 435 g/mol. The molecule has 4 nitrogen and oxygen atoms in total. The first-order valence-corrected chi connectivity index (χ1v) is 11.9. The number of piperazine rings is 1. The van der Waals surface area contributed by atoms with Crippen molar-refractivity contribution >= 4 is 17.2 Å². The quantitative estimate of drug-likeness (QED) is 0.515. The summed E-state index contributed by atoms with van der Waals surface area (Å²) < 4.78 is 5.89. The summed E-state index contributed by atoms with van der Waals surface area (Å²) in [4.78, 5) is 18.2. The van der Waals surface area contributed by atoms with E-state index in [4.69, 9.17) is 4.74 Å². The maximum absolute atomic E-state index is 13.0. The molecule has 162 valence electrons. The van der Waals surface area contributed by atoms with E-state index < -0.39 is 0 Å². The van der Waals surface area contributed by atoms with E-state index in [1.807, 2.05) is 28.5 Å². The predicted octanol–water partition coefficient (Wildman–Crippen LogP) is 5.16. The van der Waals surface area contributed by atoms with Crippen LogP contribution in [0.25, 0.3) is 0 Å². The van der Waals surface area contributed by atoms with Gasteiger partial charge in [0, 0.05) is 38.3 Å². The maximum Gasteiger partial charge on any atom is 0.264 e. The number of hydrogen-bond donors (Lipinski definition) is 0. The van der Waals surface area contributed by atoms with Gasteiger partial charge in [-0.05, 0) is 53.6 Å². The standard InChI is InChI=1S/C26H30N2O2S/c1-3-21-8-10-24(11-9-21)30-18-22-16-25(31-19-22)26(29)28-14-12-27(13-15-28)17-23-7-5-4-6-20(23)2/h4-11,16,19H,3,12-15,17-18H2,1-2H3. The van der Waals surface area contributed by atoms with Gasteiger partial charge in [-0.2, -0.15) is 0 Å². The van der Waals surface area contributed by atoms with Crippen LogP contribution in [-0.2, 0) is 19.6 Å². The third-order valence-electron chi connectivity index (χ3n) is 5.92. The molecule has 2 aromatic carbocycles. The van der Waals surface area contributed by atoms with Crippen LogP contribution in [-0.4, -0.2) is 41.9 Å². The molecule has 31 heavy (non-hydrogen) atoms. The van der Waals surface area contributed by atoms with Crippen molar-refractivity contribution in [3.8, 4) is 5.75 Å². The highest BCUT2D eigenvalue weighted by Gasteiger charge is 2.23. The molecule has 0 aliphatic carbocycles. The molecule has 0 unspecified atom stereocenters. The molecule has 0 radical (unpaired) electrons. The average Bonchev–Trinajstić information content (AvgIpc) is 3.29. The van der Waals surface area contributed by atoms with Gasteiger partial charge in [-0.3, -0.25) is 9.69 Å². The van der Waals surface area contributed by atoms with Gasteiger partial charge in [0.1, 0.15) is 12.4 Å². The Balaban J connectivity index is 1.27. The maximum atomic E-state index is 13.0. The fourth-order valence-corrected chi connectivity index (χ4v) is 4.71. The molecule has 4 rings (SSSR count). The fourth-order valence-electron chi connectivity index (χ4n) is 3.84. The van der Waals surface area contributed by atoms with E-state index in [1.54, 1.807) is 0 Å². The van der Waals surface area contributed by atoms with Crippen LogP contribution in [0, 0.1) is 6.92 Å². The van der Waals surface area contributed by atoms with Crippen LogP contribution >= 0.6 is 11.3 Å². The first-order chi connectivity index (χ1) is 15.1. The summed E-state index contributed by atoms with van der Waals surface area (Å²) in [6.45, 7) is 9.12. The van der Waals surface area contributed by atoms with Gasteiger partial charge in [0.05, 0.1) is 4.88 Å². The predicted molar refractivity (Wildman–Crippen MR) is 127 cm³/mol. The van der Waals surface area contributed by atoms with Gasteiger partial charge in [-0.1, -0.05) is 43.3 Å². The smallest absolute Gasteiger partial charge is 0.264 e. The molecular formula is C26H30N2O2S.